The highest BCUT2D eigenvalue weighted by Crippen LogP contribution is 2.41. The van der Waals surface area contributed by atoms with Crippen molar-refractivity contribution < 1.29 is 0 Å². The maximum atomic E-state index is 6.32. The molecule has 1 nitrogen and oxygen atoms in total. The highest BCUT2D eigenvalue weighted by Gasteiger charge is 2.27. The fourth-order valence-corrected chi connectivity index (χ4v) is 3.72. The minimum atomic E-state index is 0.350. The van der Waals surface area contributed by atoms with Gasteiger partial charge in [-0.15, -0.1) is 11.8 Å². The Kier molecular flexibility index (Phi) is 4.30. The fourth-order valence-electron chi connectivity index (χ4n) is 2.37. The van der Waals surface area contributed by atoms with E-state index in [1.54, 1.807) is 0 Å². The van der Waals surface area contributed by atoms with Gasteiger partial charge in [0.1, 0.15) is 0 Å². The Labute approximate surface area is 103 Å². The van der Waals surface area contributed by atoms with E-state index in [4.69, 9.17) is 5.73 Å². The van der Waals surface area contributed by atoms with Crippen LogP contribution in [0.1, 0.15) is 44.1 Å². The molecule has 1 aromatic carbocycles. The van der Waals surface area contributed by atoms with Gasteiger partial charge in [-0.05, 0) is 18.1 Å². The second-order valence-electron chi connectivity index (χ2n) is 4.61. The summed E-state index contributed by atoms with van der Waals surface area (Å²) in [5.74, 6) is 1.75. The van der Waals surface area contributed by atoms with Gasteiger partial charge in [0.05, 0.1) is 0 Å². The van der Waals surface area contributed by atoms with E-state index in [0.29, 0.717) is 12.0 Å². The highest BCUT2D eigenvalue weighted by atomic mass is 32.2. The van der Waals surface area contributed by atoms with E-state index in [0.717, 1.165) is 0 Å². The molecular weight excluding hydrogens is 214 g/mol. The van der Waals surface area contributed by atoms with Crippen molar-refractivity contribution in [2.75, 3.05) is 5.75 Å². The number of benzene rings is 1. The van der Waals surface area contributed by atoms with Crippen molar-refractivity contribution in [1.82, 2.24) is 0 Å². The molecule has 0 aromatic heterocycles. The van der Waals surface area contributed by atoms with Crippen LogP contribution in [0.3, 0.4) is 0 Å². The number of thioether (sulfide) groups is 1. The molecule has 0 spiro atoms. The minimum absolute atomic E-state index is 0.350. The summed E-state index contributed by atoms with van der Waals surface area (Å²) in [4.78, 5) is 1.44. The number of rotatable bonds is 5. The first kappa shape index (κ1) is 12.0. The molecule has 2 heteroatoms. The molecule has 1 aliphatic heterocycles. The molecular formula is C14H21NS. The fraction of sp³-hybridized carbons (Fsp3) is 0.571. The Balaban J connectivity index is 1.96. The average Bonchev–Trinajstić information content (AvgIpc) is 2.73. The first-order valence-electron chi connectivity index (χ1n) is 6.30. The molecule has 2 rings (SSSR count). The molecule has 16 heavy (non-hydrogen) atoms. The molecule has 2 N–H and O–H groups in total. The van der Waals surface area contributed by atoms with Crippen molar-refractivity contribution >= 4 is 11.8 Å². The predicted molar refractivity (Wildman–Crippen MR) is 72.0 cm³/mol. The van der Waals surface area contributed by atoms with Gasteiger partial charge >= 0.3 is 0 Å². The lowest BCUT2D eigenvalue weighted by Gasteiger charge is -2.19. The molecule has 1 heterocycles. The second kappa shape index (κ2) is 5.74. The van der Waals surface area contributed by atoms with Gasteiger partial charge in [-0.3, -0.25) is 0 Å². The first-order chi connectivity index (χ1) is 7.83. The van der Waals surface area contributed by atoms with E-state index < -0.39 is 0 Å². The maximum Gasteiger partial charge on any atom is 0.0116 e. The Bertz CT molecular complexity index is 337. The SMILES string of the molecule is CCCCCC(N)C1CSc2ccccc21. The zero-order valence-corrected chi connectivity index (χ0v) is 10.8. The van der Waals surface area contributed by atoms with E-state index in [2.05, 4.69) is 31.2 Å². The van der Waals surface area contributed by atoms with Crippen LogP contribution in [0.15, 0.2) is 29.2 Å². The van der Waals surface area contributed by atoms with Gasteiger partial charge in [0.15, 0.2) is 0 Å². The molecule has 2 atom stereocenters. The summed E-state index contributed by atoms with van der Waals surface area (Å²) in [6.07, 6.45) is 5.05. The summed E-state index contributed by atoms with van der Waals surface area (Å²) >= 11 is 1.96. The predicted octanol–water partition coefficient (Wildman–Crippen LogP) is 3.78. The van der Waals surface area contributed by atoms with Gasteiger partial charge in [0.25, 0.3) is 0 Å². The second-order valence-corrected chi connectivity index (χ2v) is 5.68. The summed E-state index contributed by atoms with van der Waals surface area (Å²) < 4.78 is 0. The Morgan fingerprint density at radius 1 is 1.38 bits per heavy atom. The Morgan fingerprint density at radius 2 is 2.19 bits per heavy atom. The smallest absolute Gasteiger partial charge is 0.0116 e. The lowest BCUT2D eigenvalue weighted by molar-refractivity contribution is 0.503. The van der Waals surface area contributed by atoms with Gasteiger partial charge in [-0.25, -0.2) is 0 Å². The number of fused-ring (bicyclic) bond motifs is 1. The molecule has 0 fully saturated rings. The molecule has 0 radical (unpaired) electrons. The molecule has 88 valence electrons. The average molecular weight is 235 g/mol. The van der Waals surface area contributed by atoms with Crippen molar-refractivity contribution in [3.8, 4) is 0 Å². The summed E-state index contributed by atoms with van der Waals surface area (Å²) in [6.45, 7) is 2.24. The molecule has 0 saturated heterocycles. The van der Waals surface area contributed by atoms with Gasteiger partial charge in [-0.1, -0.05) is 44.4 Å². The Hall–Kier alpha value is -0.470. The van der Waals surface area contributed by atoms with E-state index in [9.17, 15) is 0 Å². The van der Waals surface area contributed by atoms with Crippen molar-refractivity contribution in [3.63, 3.8) is 0 Å². The number of hydrogen-bond donors (Lipinski definition) is 1. The van der Waals surface area contributed by atoms with Crippen LogP contribution >= 0.6 is 11.8 Å². The third-order valence-electron chi connectivity index (χ3n) is 3.39. The van der Waals surface area contributed by atoms with Gasteiger partial charge in [0, 0.05) is 22.6 Å². The van der Waals surface area contributed by atoms with E-state index in [1.165, 1.54) is 41.9 Å². The molecule has 2 unspecified atom stereocenters. The molecule has 0 bridgehead atoms. The standard InChI is InChI=1S/C14H21NS/c1-2-3-4-8-13(15)12-10-16-14-9-6-5-7-11(12)14/h5-7,9,12-13H,2-4,8,10,15H2,1H3. The molecule has 1 aliphatic rings. The van der Waals surface area contributed by atoms with Gasteiger partial charge in [0.2, 0.25) is 0 Å². The van der Waals surface area contributed by atoms with Crippen LogP contribution in [-0.2, 0) is 0 Å². The van der Waals surface area contributed by atoms with E-state index in [1.807, 2.05) is 11.8 Å². The molecule has 0 saturated carbocycles. The summed E-state index contributed by atoms with van der Waals surface area (Å²) in [5, 5.41) is 0. The first-order valence-corrected chi connectivity index (χ1v) is 7.28. The van der Waals surface area contributed by atoms with Crippen LogP contribution in [-0.4, -0.2) is 11.8 Å². The van der Waals surface area contributed by atoms with Gasteiger partial charge in [-0.2, -0.15) is 0 Å². The summed E-state index contributed by atoms with van der Waals surface area (Å²) in [6, 6.07) is 9.08. The van der Waals surface area contributed by atoms with Crippen LogP contribution in [0.4, 0.5) is 0 Å². The summed E-state index contributed by atoms with van der Waals surface area (Å²) in [7, 11) is 0. The normalized spacial score (nSPS) is 20.8. The maximum absolute atomic E-state index is 6.32. The number of unbranched alkanes of at least 4 members (excludes halogenated alkanes) is 2. The van der Waals surface area contributed by atoms with Crippen molar-refractivity contribution in [2.24, 2.45) is 5.73 Å². The van der Waals surface area contributed by atoms with Crippen molar-refractivity contribution in [2.45, 2.75) is 49.5 Å². The lowest BCUT2D eigenvalue weighted by atomic mass is 9.90. The van der Waals surface area contributed by atoms with Crippen molar-refractivity contribution in [3.05, 3.63) is 29.8 Å². The third kappa shape index (κ3) is 2.61. The minimum Gasteiger partial charge on any atom is -0.327 e. The van der Waals surface area contributed by atoms with Crippen LogP contribution in [0.5, 0.6) is 0 Å². The lowest BCUT2D eigenvalue weighted by Crippen LogP contribution is -2.28. The van der Waals surface area contributed by atoms with Crippen LogP contribution in [0.25, 0.3) is 0 Å². The topological polar surface area (TPSA) is 26.0 Å². The highest BCUT2D eigenvalue weighted by molar-refractivity contribution is 7.99. The zero-order valence-electron chi connectivity index (χ0n) is 9.99. The Morgan fingerprint density at radius 3 is 3.00 bits per heavy atom. The number of nitrogens with two attached hydrogens (primary N) is 1. The van der Waals surface area contributed by atoms with Crippen LogP contribution in [0.2, 0.25) is 0 Å². The monoisotopic (exact) mass is 235 g/mol. The molecule has 1 aromatic rings. The molecule has 0 amide bonds. The number of hydrogen-bond acceptors (Lipinski definition) is 2. The van der Waals surface area contributed by atoms with E-state index >= 15 is 0 Å². The molecule has 0 aliphatic carbocycles. The summed E-state index contributed by atoms with van der Waals surface area (Å²) in [5.41, 5.74) is 7.80. The van der Waals surface area contributed by atoms with Crippen LogP contribution in [0, 0.1) is 0 Å². The van der Waals surface area contributed by atoms with Gasteiger partial charge < -0.3 is 5.73 Å². The quantitative estimate of drug-likeness (QED) is 0.786. The zero-order chi connectivity index (χ0) is 11.4. The third-order valence-corrected chi connectivity index (χ3v) is 4.60. The van der Waals surface area contributed by atoms with Crippen LogP contribution < -0.4 is 5.73 Å². The van der Waals surface area contributed by atoms with Crippen molar-refractivity contribution in [1.29, 1.82) is 0 Å². The van der Waals surface area contributed by atoms with E-state index in [-0.39, 0.29) is 0 Å². The largest absolute Gasteiger partial charge is 0.327 e.